The van der Waals surface area contributed by atoms with Crippen LogP contribution in [0, 0.1) is 0 Å². The summed E-state index contributed by atoms with van der Waals surface area (Å²) in [7, 11) is 0. The van der Waals surface area contributed by atoms with Gasteiger partial charge in [0.25, 0.3) is 0 Å². The van der Waals surface area contributed by atoms with Crippen molar-refractivity contribution in [3.8, 4) is 0 Å². The van der Waals surface area contributed by atoms with E-state index in [-0.39, 0.29) is 11.5 Å². The van der Waals surface area contributed by atoms with Gasteiger partial charge in [-0.1, -0.05) is 0 Å². The van der Waals surface area contributed by atoms with Crippen molar-refractivity contribution in [1.82, 2.24) is 14.6 Å². The molecular formula is C11H16N4O5. The highest BCUT2D eigenvalue weighted by molar-refractivity contribution is 5.65. The van der Waals surface area contributed by atoms with Crippen molar-refractivity contribution in [2.24, 2.45) is 0 Å². The molecule has 0 aliphatic carbocycles. The summed E-state index contributed by atoms with van der Waals surface area (Å²) in [5, 5.41) is 51.4. The van der Waals surface area contributed by atoms with Crippen LogP contribution in [0.1, 0.15) is 11.8 Å². The molecule has 4 atom stereocenters. The molecule has 9 heteroatoms. The van der Waals surface area contributed by atoms with E-state index in [9.17, 15) is 20.4 Å². The SMILES string of the molecule is Nc1ncnn2c(C(O)C(O)C(O)C(O)CO)ccc12. The molecule has 0 fully saturated rings. The average molecular weight is 284 g/mol. The van der Waals surface area contributed by atoms with Crippen molar-refractivity contribution in [3.05, 3.63) is 24.2 Å². The molecule has 20 heavy (non-hydrogen) atoms. The van der Waals surface area contributed by atoms with Crippen molar-refractivity contribution < 1.29 is 25.5 Å². The molecule has 0 aliphatic heterocycles. The van der Waals surface area contributed by atoms with Crippen LogP contribution in [0.25, 0.3) is 5.52 Å². The monoisotopic (exact) mass is 284 g/mol. The standard InChI is InChI=1S/C11H16N4O5/c12-11-6-2-1-5(15(6)14-4-13-11)8(18)10(20)9(19)7(17)3-16/h1-2,4,7-10,16-20H,3H2,(H2,12,13,14). The van der Waals surface area contributed by atoms with E-state index in [0.29, 0.717) is 5.52 Å². The third kappa shape index (κ3) is 2.44. The summed E-state index contributed by atoms with van der Waals surface area (Å²) in [5.41, 5.74) is 6.24. The maximum Gasteiger partial charge on any atom is 0.151 e. The van der Waals surface area contributed by atoms with Crippen LogP contribution < -0.4 is 5.73 Å². The molecule has 2 rings (SSSR count). The van der Waals surface area contributed by atoms with E-state index in [1.54, 1.807) is 6.07 Å². The lowest BCUT2D eigenvalue weighted by molar-refractivity contribution is -0.117. The fourth-order valence-corrected chi connectivity index (χ4v) is 1.89. The van der Waals surface area contributed by atoms with Crippen molar-refractivity contribution in [3.63, 3.8) is 0 Å². The number of rotatable bonds is 5. The Labute approximate surface area is 113 Å². The molecule has 0 bridgehead atoms. The summed E-state index contributed by atoms with van der Waals surface area (Å²) < 4.78 is 1.27. The molecule has 0 aliphatic rings. The largest absolute Gasteiger partial charge is 0.394 e. The molecule has 0 amide bonds. The number of nitrogens with zero attached hydrogens (tertiary/aromatic N) is 3. The number of anilines is 1. The van der Waals surface area contributed by atoms with Gasteiger partial charge in [0.05, 0.1) is 12.3 Å². The Morgan fingerprint density at radius 3 is 2.50 bits per heavy atom. The van der Waals surface area contributed by atoms with Crippen molar-refractivity contribution in [2.45, 2.75) is 24.4 Å². The minimum Gasteiger partial charge on any atom is -0.394 e. The van der Waals surface area contributed by atoms with Gasteiger partial charge < -0.3 is 31.3 Å². The Hall–Kier alpha value is -1.78. The molecule has 7 N–H and O–H groups in total. The van der Waals surface area contributed by atoms with Gasteiger partial charge in [-0.25, -0.2) is 9.50 Å². The van der Waals surface area contributed by atoms with E-state index < -0.39 is 31.0 Å². The molecule has 2 aromatic rings. The molecule has 0 aromatic carbocycles. The van der Waals surface area contributed by atoms with E-state index in [2.05, 4.69) is 10.1 Å². The molecular weight excluding hydrogens is 268 g/mol. The molecule has 110 valence electrons. The lowest BCUT2D eigenvalue weighted by Gasteiger charge is -2.25. The van der Waals surface area contributed by atoms with Crippen LogP contribution in [0.2, 0.25) is 0 Å². The van der Waals surface area contributed by atoms with E-state index in [4.69, 9.17) is 10.8 Å². The van der Waals surface area contributed by atoms with Crippen molar-refractivity contribution in [2.75, 3.05) is 12.3 Å². The number of fused-ring (bicyclic) bond motifs is 1. The summed E-state index contributed by atoms with van der Waals surface area (Å²) in [5.74, 6) is 0.198. The van der Waals surface area contributed by atoms with Crippen LogP contribution >= 0.6 is 0 Å². The third-order valence-electron chi connectivity index (χ3n) is 3.07. The predicted octanol–water partition coefficient (Wildman–Crippen LogP) is -2.58. The second-order valence-electron chi connectivity index (χ2n) is 4.38. The minimum atomic E-state index is -1.71. The van der Waals surface area contributed by atoms with Crippen molar-refractivity contribution in [1.29, 1.82) is 0 Å². The quantitative estimate of drug-likeness (QED) is 0.349. The van der Waals surface area contributed by atoms with Gasteiger partial charge >= 0.3 is 0 Å². The molecule has 0 radical (unpaired) electrons. The van der Waals surface area contributed by atoms with Gasteiger partial charge in [0, 0.05) is 0 Å². The number of aliphatic hydroxyl groups excluding tert-OH is 5. The number of hydrogen-bond donors (Lipinski definition) is 6. The fraction of sp³-hybridized carbons (Fsp3) is 0.455. The Balaban J connectivity index is 2.32. The Kier molecular flexibility index (Phi) is 4.16. The Morgan fingerprint density at radius 1 is 1.15 bits per heavy atom. The highest BCUT2D eigenvalue weighted by Gasteiger charge is 2.32. The zero-order chi connectivity index (χ0) is 14.9. The number of nitrogens with two attached hydrogens (primary N) is 1. The smallest absolute Gasteiger partial charge is 0.151 e. The lowest BCUT2D eigenvalue weighted by atomic mass is 10.0. The van der Waals surface area contributed by atoms with E-state index >= 15 is 0 Å². The molecule has 2 aromatic heterocycles. The van der Waals surface area contributed by atoms with Crippen molar-refractivity contribution >= 4 is 11.3 Å². The third-order valence-corrected chi connectivity index (χ3v) is 3.07. The van der Waals surface area contributed by atoms with Crippen LogP contribution in [0.5, 0.6) is 0 Å². The van der Waals surface area contributed by atoms with E-state index in [1.165, 1.54) is 16.9 Å². The highest BCUT2D eigenvalue weighted by Crippen LogP contribution is 2.23. The Bertz CT molecular complexity index is 589. The zero-order valence-corrected chi connectivity index (χ0v) is 10.4. The second kappa shape index (κ2) is 5.69. The number of aromatic nitrogens is 3. The van der Waals surface area contributed by atoms with E-state index in [0.717, 1.165) is 0 Å². The van der Waals surface area contributed by atoms with Gasteiger partial charge in [-0.3, -0.25) is 0 Å². The van der Waals surface area contributed by atoms with Crippen LogP contribution in [-0.4, -0.2) is 65.0 Å². The highest BCUT2D eigenvalue weighted by atomic mass is 16.4. The molecule has 2 heterocycles. The van der Waals surface area contributed by atoms with Crippen LogP contribution in [-0.2, 0) is 0 Å². The topological polar surface area (TPSA) is 157 Å². The lowest BCUT2D eigenvalue weighted by Crippen LogP contribution is -2.43. The Morgan fingerprint density at radius 2 is 1.85 bits per heavy atom. The van der Waals surface area contributed by atoms with Crippen LogP contribution in [0.15, 0.2) is 18.5 Å². The van der Waals surface area contributed by atoms with E-state index in [1.807, 2.05) is 0 Å². The van der Waals surface area contributed by atoms with Gasteiger partial charge in [-0.15, -0.1) is 0 Å². The summed E-state index contributed by atoms with van der Waals surface area (Å²) in [4.78, 5) is 3.78. The van der Waals surface area contributed by atoms with Crippen LogP contribution in [0.4, 0.5) is 5.82 Å². The molecule has 9 nitrogen and oxygen atoms in total. The van der Waals surface area contributed by atoms with Gasteiger partial charge in [0.15, 0.2) is 5.82 Å². The number of nitrogen functional groups attached to an aromatic ring is 1. The summed E-state index contributed by atoms with van der Waals surface area (Å²) >= 11 is 0. The normalized spacial score (nSPS) is 17.9. The summed E-state index contributed by atoms with van der Waals surface area (Å²) in [6.45, 7) is -0.741. The first kappa shape index (κ1) is 14.6. The van der Waals surface area contributed by atoms with Gasteiger partial charge in [-0.05, 0) is 12.1 Å². The molecule has 0 spiro atoms. The molecule has 4 unspecified atom stereocenters. The minimum absolute atomic E-state index is 0.172. The fourth-order valence-electron chi connectivity index (χ4n) is 1.89. The summed E-state index contributed by atoms with van der Waals surface area (Å²) in [6, 6.07) is 3.02. The molecule has 0 saturated carbocycles. The van der Waals surface area contributed by atoms with Gasteiger partial charge in [-0.2, -0.15) is 5.10 Å². The molecule has 0 saturated heterocycles. The summed E-state index contributed by atoms with van der Waals surface area (Å²) in [6.07, 6.45) is -5.32. The first-order valence-electron chi connectivity index (χ1n) is 5.88. The first-order chi connectivity index (χ1) is 9.47. The van der Waals surface area contributed by atoms with Gasteiger partial charge in [0.2, 0.25) is 0 Å². The van der Waals surface area contributed by atoms with Crippen LogP contribution in [0.3, 0.4) is 0 Å². The second-order valence-corrected chi connectivity index (χ2v) is 4.38. The number of aliphatic hydroxyl groups is 5. The first-order valence-corrected chi connectivity index (χ1v) is 5.88. The number of hydrogen-bond acceptors (Lipinski definition) is 8. The maximum atomic E-state index is 10.1. The predicted molar refractivity (Wildman–Crippen MR) is 67.5 cm³/mol. The maximum absolute atomic E-state index is 10.1. The van der Waals surface area contributed by atoms with Gasteiger partial charge in [0.1, 0.15) is 36.3 Å². The zero-order valence-electron chi connectivity index (χ0n) is 10.4. The average Bonchev–Trinajstić information content (AvgIpc) is 2.89.